The number of hydrogen-bond donors (Lipinski definition) is 2. The molecule has 1 unspecified atom stereocenters. The number of benzene rings is 1. The second kappa shape index (κ2) is 5.54. The molecule has 0 aliphatic rings. The molecule has 1 aromatic rings. The lowest BCUT2D eigenvalue weighted by atomic mass is 10.0. The Morgan fingerprint density at radius 1 is 1.53 bits per heavy atom. The number of sulfone groups is 1. The molecule has 0 amide bonds. The molecule has 1 aromatic carbocycles. The molecule has 6 nitrogen and oxygen atoms in total. The highest BCUT2D eigenvalue weighted by atomic mass is 32.2. The van der Waals surface area contributed by atoms with Crippen molar-refractivity contribution in [2.24, 2.45) is 5.73 Å². The monoisotopic (exact) mass is 291 g/mol. The van der Waals surface area contributed by atoms with E-state index in [4.69, 9.17) is 15.6 Å². The van der Waals surface area contributed by atoms with Gasteiger partial charge in [-0.05, 0) is 6.07 Å². The molecule has 0 bridgehead atoms. The van der Waals surface area contributed by atoms with E-state index >= 15 is 0 Å². The number of ether oxygens (including phenoxy) is 1. The fourth-order valence-corrected chi connectivity index (χ4v) is 2.33. The second-order valence-electron chi connectivity index (χ2n) is 4.00. The number of halogens is 1. The Kier molecular flexibility index (Phi) is 4.48. The minimum absolute atomic E-state index is 0.0376. The normalized spacial score (nSPS) is 13.1. The van der Waals surface area contributed by atoms with Gasteiger partial charge >= 0.3 is 5.97 Å². The number of carboxylic acid groups (broad SMARTS) is 1. The van der Waals surface area contributed by atoms with E-state index in [0.717, 1.165) is 18.4 Å². The molecule has 0 fully saturated rings. The van der Waals surface area contributed by atoms with Crippen molar-refractivity contribution in [1.29, 1.82) is 0 Å². The molecule has 0 radical (unpaired) electrons. The summed E-state index contributed by atoms with van der Waals surface area (Å²) in [6.07, 6.45) is 0.440. The fraction of sp³-hybridized carbons (Fsp3) is 0.364. The molecule has 19 heavy (non-hydrogen) atoms. The second-order valence-corrected chi connectivity index (χ2v) is 5.99. The topological polar surface area (TPSA) is 107 Å². The first kappa shape index (κ1) is 15.4. The molecule has 3 N–H and O–H groups in total. The SMILES string of the molecule is COc1cc(S(C)(=O)=O)c(F)cc1C(N)CC(=O)O. The maximum absolute atomic E-state index is 13.7. The molecular weight excluding hydrogens is 277 g/mol. The van der Waals surface area contributed by atoms with Crippen LogP contribution in [0.1, 0.15) is 18.0 Å². The van der Waals surface area contributed by atoms with E-state index in [1.54, 1.807) is 0 Å². The molecule has 0 aromatic heterocycles. The number of hydrogen-bond acceptors (Lipinski definition) is 5. The van der Waals surface area contributed by atoms with Crippen LogP contribution in [0, 0.1) is 5.82 Å². The van der Waals surface area contributed by atoms with Gasteiger partial charge in [-0.3, -0.25) is 4.79 Å². The third kappa shape index (κ3) is 3.65. The van der Waals surface area contributed by atoms with E-state index in [1.165, 1.54) is 7.11 Å². The van der Waals surface area contributed by atoms with Crippen molar-refractivity contribution < 1.29 is 27.4 Å². The van der Waals surface area contributed by atoms with Gasteiger partial charge in [0.2, 0.25) is 0 Å². The summed E-state index contributed by atoms with van der Waals surface area (Å²) in [4.78, 5) is 10.1. The molecule has 8 heteroatoms. The molecule has 1 rings (SSSR count). The van der Waals surface area contributed by atoms with Crippen molar-refractivity contribution in [3.8, 4) is 5.75 Å². The first-order valence-electron chi connectivity index (χ1n) is 5.21. The summed E-state index contributed by atoms with van der Waals surface area (Å²) in [6.45, 7) is 0. The van der Waals surface area contributed by atoms with Crippen molar-refractivity contribution in [3.63, 3.8) is 0 Å². The zero-order valence-electron chi connectivity index (χ0n) is 10.4. The number of nitrogens with two attached hydrogens (primary N) is 1. The summed E-state index contributed by atoms with van der Waals surface area (Å²) in [7, 11) is -2.48. The zero-order chi connectivity index (χ0) is 14.8. The van der Waals surface area contributed by atoms with Gasteiger partial charge in [0.05, 0.1) is 13.5 Å². The molecule has 0 spiro atoms. The van der Waals surface area contributed by atoms with Crippen LogP contribution in [-0.2, 0) is 14.6 Å². The van der Waals surface area contributed by atoms with Crippen LogP contribution in [0.15, 0.2) is 17.0 Å². The van der Waals surface area contributed by atoms with Crippen molar-refractivity contribution in [3.05, 3.63) is 23.5 Å². The highest BCUT2D eigenvalue weighted by Gasteiger charge is 2.22. The average Bonchev–Trinajstić information content (AvgIpc) is 2.26. The number of rotatable bonds is 5. The molecule has 0 aliphatic carbocycles. The van der Waals surface area contributed by atoms with E-state index in [-0.39, 0.29) is 11.3 Å². The number of carboxylic acids is 1. The van der Waals surface area contributed by atoms with Crippen molar-refractivity contribution in [2.75, 3.05) is 13.4 Å². The summed E-state index contributed by atoms with van der Waals surface area (Å²) in [5, 5.41) is 8.65. The van der Waals surface area contributed by atoms with Gasteiger partial charge in [0, 0.05) is 23.9 Å². The van der Waals surface area contributed by atoms with Gasteiger partial charge in [-0.2, -0.15) is 0 Å². The van der Waals surface area contributed by atoms with Gasteiger partial charge in [-0.1, -0.05) is 0 Å². The third-order valence-corrected chi connectivity index (χ3v) is 3.59. The quantitative estimate of drug-likeness (QED) is 0.827. The van der Waals surface area contributed by atoms with E-state index in [2.05, 4.69) is 0 Å². The van der Waals surface area contributed by atoms with Crippen molar-refractivity contribution in [1.82, 2.24) is 0 Å². The smallest absolute Gasteiger partial charge is 0.305 e. The van der Waals surface area contributed by atoms with Crippen LogP contribution in [0.3, 0.4) is 0 Å². The number of aliphatic carboxylic acids is 1. The Morgan fingerprint density at radius 3 is 2.53 bits per heavy atom. The van der Waals surface area contributed by atoms with E-state index in [9.17, 15) is 17.6 Å². The van der Waals surface area contributed by atoms with E-state index in [1.807, 2.05) is 0 Å². The molecule has 1 atom stereocenters. The number of methoxy groups -OCH3 is 1. The Labute approximate surface area is 109 Å². The summed E-state index contributed by atoms with van der Waals surface area (Å²) in [5.41, 5.74) is 5.73. The van der Waals surface area contributed by atoms with E-state index in [0.29, 0.717) is 0 Å². The summed E-state index contributed by atoms with van der Waals surface area (Å²) < 4.78 is 41.4. The number of carbonyl (C=O) groups is 1. The molecule has 0 saturated carbocycles. The lowest BCUT2D eigenvalue weighted by Crippen LogP contribution is -2.17. The maximum atomic E-state index is 13.7. The van der Waals surface area contributed by atoms with Gasteiger partial charge in [-0.25, -0.2) is 12.8 Å². The Bertz CT molecular complexity index is 599. The van der Waals surface area contributed by atoms with Gasteiger partial charge in [-0.15, -0.1) is 0 Å². The van der Waals surface area contributed by atoms with E-state index < -0.39 is 39.0 Å². The van der Waals surface area contributed by atoms with Gasteiger partial charge in [0.25, 0.3) is 0 Å². The molecule has 0 heterocycles. The lowest BCUT2D eigenvalue weighted by molar-refractivity contribution is -0.137. The lowest BCUT2D eigenvalue weighted by Gasteiger charge is -2.15. The highest BCUT2D eigenvalue weighted by Crippen LogP contribution is 2.30. The average molecular weight is 291 g/mol. The van der Waals surface area contributed by atoms with Crippen molar-refractivity contribution in [2.45, 2.75) is 17.4 Å². The standard InChI is InChI=1S/C11H14FNO5S/c1-18-9-5-10(19(2,16)17)7(12)3-6(9)8(13)4-11(14)15/h3,5,8H,4,13H2,1-2H3,(H,14,15). The minimum atomic E-state index is -3.74. The largest absolute Gasteiger partial charge is 0.496 e. The van der Waals surface area contributed by atoms with Crippen LogP contribution < -0.4 is 10.5 Å². The highest BCUT2D eigenvalue weighted by molar-refractivity contribution is 7.90. The summed E-state index contributed by atoms with van der Waals surface area (Å²) >= 11 is 0. The Hall–Kier alpha value is -1.67. The van der Waals surface area contributed by atoms with Crippen LogP contribution in [-0.4, -0.2) is 32.9 Å². The molecule has 106 valence electrons. The molecular formula is C11H14FNO5S. The van der Waals surface area contributed by atoms with Gasteiger partial charge in [0.15, 0.2) is 9.84 Å². The molecule has 0 aliphatic heterocycles. The Balaban J connectivity index is 3.36. The maximum Gasteiger partial charge on any atom is 0.305 e. The van der Waals surface area contributed by atoms with Gasteiger partial charge in [0.1, 0.15) is 16.5 Å². The summed E-state index contributed by atoms with van der Waals surface area (Å²) in [6, 6.07) is 0.903. The fourth-order valence-electron chi connectivity index (χ4n) is 1.60. The zero-order valence-corrected chi connectivity index (χ0v) is 11.2. The van der Waals surface area contributed by atoms with Crippen LogP contribution in [0.4, 0.5) is 4.39 Å². The van der Waals surface area contributed by atoms with Crippen LogP contribution in [0.25, 0.3) is 0 Å². The third-order valence-electron chi connectivity index (χ3n) is 2.48. The van der Waals surface area contributed by atoms with Crippen molar-refractivity contribution >= 4 is 15.8 Å². The Morgan fingerprint density at radius 2 is 2.11 bits per heavy atom. The van der Waals surface area contributed by atoms with Gasteiger partial charge < -0.3 is 15.6 Å². The first-order valence-corrected chi connectivity index (χ1v) is 7.10. The first-order chi connectivity index (χ1) is 8.66. The molecule has 0 saturated heterocycles. The minimum Gasteiger partial charge on any atom is -0.496 e. The predicted molar refractivity (Wildman–Crippen MR) is 65.2 cm³/mol. The predicted octanol–water partition coefficient (Wildman–Crippen LogP) is 0.712. The van der Waals surface area contributed by atoms with Crippen LogP contribution >= 0.6 is 0 Å². The van der Waals surface area contributed by atoms with Crippen LogP contribution in [0.2, 0.25) is 0 Å². The van der Waals surface area contributed by atoms with Crippen LogP contribution in [0.5, 0.6) is 5.75 Å². The summed E-state index contributed by atoms with van der Waals surface area (Å²) in [5.74, 6) is -2.10.